The van der Waals surface area contributed by atoms with Gasteiger partial charge in [0.2, 0.25) is 0 Å². The summed E-state index contributed by atoms with van der Waals surface area (Å²) in [7, 11) is 0. The first kappa shape index (κ1) is 13.7. The zero-order valence-corrected chi connectivity index (χ0v) is 12.5. The first-order valence-electron chi connectivity index (χ1n) is 6.04. The second-order valence-corrected chi connectivity index (χ2v) is 6.32. The van der Waals surface area contributed by atoms with Crippen LogP contribution >= 0.6 is 22.7 Å². The van der Waals surface area contributed by atoms with Crippen LogP contribution in [0.1, 0.15) is 25.9 Å². The lowest BCUT2D eigenvalue weighted by molar-refractivity contribution is 0.0701. The number of nitrogens with one attached hydrogen (secondary N) is 1. The number of aryl methyl sites for hydroxylation is 1. The maximum absolute atomic E-state index is 12.1. The normalized spacial score (nSPS) is 11.5. The molecule has 0 atom stereocenters. The molecular formula is C14H10N2O3S2. The molecule has 0 aliphatic heterocycles. The minimum absolute atomic E-state index is 0.155. The number of aromatic carboxylic acids is 1. The molecule has 0 spiro atoms. The van der Waals surface area contributed by atoms with Crippen molar-refractivity contribution in [2.45, 2.75) is 6.92 Å². The molecule has 3 aromatic heterocycles. The third kappa shape index (κ3) is 2.53. The van der Waals surface area contributed by atoms with Crippen molar-refractivity contribution in [1.82, 2.24) is 9.97 Å². The number of aromatic amines is 1. The maximum Gasteiger partial charge on any atom is 0.346 e. The topological polar surface area (TPSA) is 83.0 Å². The lowest BCUT2D eigenvalue weighted by atomic mass is 10.2. The maximum atomic E-state index is 12.1. The van der Waals surface area contributed by atoms with Crippen LogP contribution in [0.2, 0.25) is 0 Å². The van der Waals surface area contributed by atoms with Crippen LogP contribution in [0.5, 0.6) is 0 Å². The summed E-state index contributed by atoms with van der Waals surface area (Å²) in [6.45, 7) is 1.63. The van der Waals surface area contributed by atoms with Crippen LogP contribution in [0.15, 0.2) is 22.3 Å². The number of rotatable bonds is 3. The van der Waals surface area contributed by atoms with Crippen molar-refractivity contribution in [3.63, 3.8) is 0 Å². The lowest BCUT2D eigenvalue weighted by Gasteiger charge is -1.94. The number of thiophene rings is 2. The van der Waals surface area contributed by atoms with Crippen LogP contribution in [-0.2, 0) is 0 Å². The Kier molecular flexibility index (Phi) is 3.44. The molecule has 2 N–H and O–H groups in total. The molecule has 3 heterocycles. The summed E-state index contributed by atoms with van der Waals surface area (Å²) in [6.07, 6.45) is 3.56. The molecule has 0 saturated carbocycles. The van der Waals surface area contributed by atoms with Gasteiger partial charge in [0.1, 0.15) is 15.5 Å². The van der Waals surface area contributed by atoms with E-state index in [-0.39, 0.29) is 10.4 Å². The fraction of sp³-hybridized carbons (Fsp3) is 0.0714. The molecule has 0 aromatic carbocycles. The van der Waals surface area contributed by atoms with Crippen molar-refractivity contribution in [1.29, 1.82) is 0 Å². The smallest absolute Gasteiger partial charge is 0.346 e. The molecule has 21 heavy (non-hydrogen) atoms. The molecule has 7 heteroatoms. The zero-order valence-electron chi connectivity index (χ0n) is 10.9. The fourth-order valence-electron chi connectivity index (χ4n) is 1.99. The Labute approximate surface area is 127 Å². The molecular weight excluding hydrogens is 308 g/mol. The quantitative estimate of drug-likeness (QED) is 0.776. The summed E-state index contributed by atoms with van der Waals surface area (Å²) < 4.78 is 0. The third-order valence-corrected chi connectivity index (χ3v) is 4.97. The van der Waals surface area contributed by atoms with Gasteiger partial charge >= 0.3 is 5.97 Å². The minimum Gasteiger partial charge on any atom is -0.477 e. The van der Waals surface area contributed by atoms with E-state index in [9.17, 15) is 9.59 Å². The number of aromatic nitrogens is 2. The average molecular weight is 318 g/mol. The molecule has 3 rings (SSSR count). The Hall–Kier alpha value is -2.25. The van der Waals surface area contributed by atoms with Crippen LogP contribution in [-0.4, -0.2) is 21.0 Å². The van der Waals surface area contributed by atoms with Gasteiger partial charge in [-0.25, -0.2) is 9.78 Å². The van der Waals surface area contributed by atoms with Gasteiger partial charge in [0.15, 0.2) is 0 Å². The number of H-pyrrole nitrogens is 1. The van der Waals surface area contributed by atoms with E-state index < -0.39 is 5.97 Å². The predicted octanol–water partition coefficient (Wildman–Crippen LogP) is 3.22. The van der Waals surface area contributed by atoms with E-state index >= 15 is 0 Å². The van der Waals surface area contributed by atoms with E-state index in [1.165, 1.54) is 0 Å². The number of carboxylic acids is 1. The molecule has 0 unspecified atom stereocenters. The number of nitrogens with zero attached hydrogens (tertiary/aromatic N) is 1. The number of fused-ring (bicyclic) bond motifs is 1. The monoisotopic (exact) mass is 318 g/mol. The van der Waals surface area contributed by atoms with E-state index in [1.807, 2.05) is 23.6 Å². The molecule has 0 amide bonds. The van der Waals surface area contributed by atoms with Gasteiger partial charge in [-0.15, -0.1) is 22.7 Å². The van der Waals surface area contributed by atoms with E-state index in [1.54, 1.807) is 24.3 Å². The van der Waals surface area contributed by atoms with Gasteiger partial charge in [-0.2, -0.15) is 0 Å². The molecule has 0 aliphatic rings. The second kappa shape index (κ2) is 5.27. The van der Waals surface area contributed by atoms with Crippen LogP contribution in [0, 0.1) is 6.92 Å². The molecule has 0 saturated heterocycles. The van der Waals surface area contributed by atoms with Crippen LogP contribution in [0.4, 0.5) is 0 Å². The number of hydrogen-bond donors (Lipinski definition) is 2. The van der Waals surface area contributed by atoms with Gasteiger partial charge < -0.3 is 10.1 Å². The summed E-state index contributed by atoms with van der Waals surface area (Å²) in [5.41, 5.74) is 0.150. The van der Waals surface area contributed by atoms with Crippen molar-refractivity contribution in [2.75, 3.05) is 0 Å². The molecule has 0 aliphatic carbocycles. The fourth-order valence-corrected chi connectivity index (χ4v) is 3.64. The highest BCUT2D eigenvalue weighted by Gasteiger charge is 2.18. The predicted molar refractivity (Wildman–Crippen MR) is 85.2 cm³/mol. The Bertz CT molecular complexity index is 904. The van der Waals surface area contributed by atoms with Gasteiger partial charge in [0.25, 0.3) is 5.56 Å². The molecule has 0 fully saturated rings. The van der Waals surface area contributed by atoms with Gasteiger partial charge in [-0.3, -0.25) is 4.79 Å². The lowest BCUT2D eigenvalue weighted by Crippen LogP contribution is -2.09. The molecule has 5 nitrogen and oxygen atoms in total. The third-order valence-electron chi connectivity index (χ3n) is 2.96. The number of hydrogen-bond acceptors (Lipinski definition) is 5. The van der Waals surface area contributed by atoms with E-state index in [2.05, 4.69) is 9.97 Å². The molecule has 0 bridgehead atoms. The van der Waals surface area contributed by atoms with Gasteiger partial charge in [0.05, 0.1) is 5.39 Å². The SMILES string of the molecule is Cc1c(C(=O)O)sc2nc(/C=C/c3cccs3)[nH]c(=O)c12. The standard InChI is InChI=1S/C14H10N2O3S2/c1-7-10-12(17)15-9(5-4-8-3-2-6-20-8)16-13(10)21-11(7)14(18)19/h2-6H,1H3,(H,18,19)(H,15,16,17)/b5-4+. The van der Waals surface area contributed by atoms with Gasteiger partial charge in [-0.1, -0.05) is 6.07 Å². The van der Waals surface area contributed by atoms with Crippen molar-refractivity contribution in [2.24, 2.45) is 0 Å². The van der Waals surface area contributed by atoms with Crippen LogP contribution in [0.25, 0.3) is 22.4 Å². The summed E-state index contributed by atoms with van der Waals surface area (Å²) in [5.74, 6) is -0.621. The van der Waals surface area contributed by atoms with E-state index in [0.29, 0.717) is 21.6 Å². The first-order valence-corrected chi connectivity index (χ1v) is 7.74. The van der Waals surface area contributed by atoms with Crippen molar-refractivity contribution < 1.29 is 9.90 Å². The second-order valence-electron chi connectivity index (χ2n) is 4.34. The Morgan fingerprint density at radius 1 is 1.43 bits per heavy atom. The van der Waals surface area contributed by atoms with Crippen LogP contribution < -0.4 is 5.56 Å². The summed E-state index contributed by atoms with van der Waals surface area (Å²) >= 11 is 2.60. The molecule has 0 radical (unpaired) electrons. The number of carbonyl (C=O) groups is 1. The Balaban J connectivity index is 2.11. The summed E-state index contributed by atoms with van der Waals surface area (Å²) in [5, 5.41) is 11.4. The average Bonchev–Trinajstić information content (AvgIpc) is 3.04. The summed E-state index contributed by atoms with van der Waals surface area (Å²) in [4.78, 5) is 31.9. The largest absolute Gasteiger partial charge is 0.477 e. The highest BCUT2D eigenvalue weighted by Crippen LogP contribution is 2.27. The highest BCUT2D eigenvalue weighted by atomic mass is 32.1. The Morgan fingerprint density at radius 2 is 2.24 bits per heavy atom. The number of carboxylic acid groups (broad SMARTS) is 1. The van der Waals surface area contributed by atoms with E-state index in [4.69, 9.17) is 5.11 Å². The summed E-state index contributed by atoms with van der Waals surface area (Å²) in [6, 6.07) is 3.89. The van der Waals surface area contributed by atoms with Crippen LogP contribution in [0.3, 0.4) is 0 Å². The van der Waals surface area contributed by atoms with Crippen molar-refractivity contribution in [3.8, 4) is 0 Å². The van der Waals surface area contributed by atoms with Gasteiger partial charge in [-0.05, 0) is 36.1 Å². The van der Waals surface area contributed by atoms with Crippen molar-refractivity contribution in [3.05, 3.63) is 49.0 Å². The molecule has 106 valence electrons. The highest BCUT2D eigenvalue weighted by molar-refractivity contribution is 7.20. The minimum atomic E-state index is -1.04. The van der Waals surface area contributed by atoms with Gasteiger partial charge in [0, 0.05) is 4.88 Å². The zero-order chi connectivity index (χ0) is 15.0. The Morgan fingerprint density at radius 3 is 2.90 bits per heavy atom. The van der Waals surface area contributed by atoms with E-state index in [0.717, 1.165) is 16.2 Å². The first-order chi connectivity index (χ1) is 10.1. The van der Waals surface area contributed by atoms with Crippen molar-refractivity contribution >= 4 is 51.0 Å². The molecule has 3 aromatic rings.